The molecule has 0 atom stereocenters. The summed E-state index contributed by atoms with van der Waals surface area (Å²) in [5.41, 5.74) is 0.624. The Morgan fingerprint density at radius 3 is 2.55 bits per heavy atom. The summed E-state index contributed by atoms with van der Waals surface area (Å²) in [6.07, 6.45) is 2.43. The van der Waals surface area contributed by atoms with E-state index in [0.29, 0.717) is 16.5 Å². The van der Waals surface area contributed by atoms with Crippen molar-refractivity contribution in [2.24, 2.45) is 0 Å². The van der Waals surface area contributed by atoms with E-state index in [0.717, 1.165) is 6.07 Å². The molecule has 0 aliphatic heterocycles. The van der Waals surface area contributed by atoms with Gasteiger partial charge in [-0.1, -0.05) is 11.3 Å². The minimum absolute atomic E-state index is 0.0122. The van der Waals surface area contributed by atoms with Crippen LogP contribution in [0.1, 0.15) is 20.8 Å². The highest BCUT2D eigenvalue weighted by molar-refractivity contribution is 7.11. The number of carbonyl (C=O) groups excluding carboxylic acids is 1. The zero-order valence-electron chi connectivity index (χ0n) is 16.2. The molecule has 2 heterocycles. The molecule has 0 unspecified atom stereocenters. The Bertz CT molecular complexity index is 1000. The molecule has 1 aromatic carbocycles. The van der Waals surface area contributed by atoms with Gasteiger partial charge >= 0.3 is 12.1 Å². The maximum atomic E-state index is 14.3. The minimum atomic E-state index is -0.739. The molecule has 10 heteroatoms. The second kappa shape index (κ2) is 8.39. The van der Waals surface area contributed by atoms with E-state index in [-0.39, 0.29) is 17.4 Å². The van der Waals surface area contributed by atoms with Crippen LogP contribution in [-0.4, -0.2) is 33.8 Å². The van der Waals surface area contributed by atoms with Gasteiger partial charge in [-0.05, 0) is 32.9 Å². The first-order valence-electron chi connectivity index (χ1n) is 8.53. The number of ether oxygens (including phenoxy) is 3. The maximum Gasteiger partial charge on any atom is 0.412 e. The minimum Gasteiger partial charge on any atom is -0.467 e. The van der Waals surface area contributed by atoms with E-state index in [4.69, 9.17) is 14.2 Å². The average Bonchev–Trinajstić information content (AvgIpc) is 3.11. The van der Waals surface area contributed by atoms with Crippen LogP contribution in [-0.2, 0) is 4.74 Å². The Morgan fingerprint density at radius 2 is 1.93 bits per heavy atom. The summed E-state index contributed by atoms with van der Waals surface area (Å²) in [4.78, 5) is 24.2. The lowest BCUT2D eigenvalue weighted by Crippen LogP contribution is -2.27. The second-order valence-electron chi connectivity index (χ2n) is 6.83. The number of hydrogen-bond acceptors (Lipinski definition) is 8. The van der Waals surface area contributed by atoms with Crippen molar-refractivity contribution in [3.8, 4) is 28.2 Å². The summed E-state index contributed by atoms with van der Waals surface area (Å²) in [5, 5.41) is 4.46. The van der Waals surface area contributed by atoms with Gasteiger partial charge in [-0.15, -0.1) is 0 Å². The number of carbonyl (C=O) groups is 1. The Hall–Kier alpha value is -3.27. The second-order valence-corrected chi connectivity index (χ2v) is 7.65. The third kappa shape index (κ3) is 5.61. The van der Waals surface area contributed by atoms with Crippen LogP contribution in [0.2, 0.25) is 0 Å². The standard InChI is InChI=1S/C19H19FN4O4S/c1-19(2,3)28-17(25)23-14-6-5-12(7-13(14)20)27-18-24-15(10-29-18)11-8-21-16(26-4)22-9-11/h5-10H,1-4H3,(H,23,25). The number of methoxy groups -OCH3 is 1. The topological polar surface area (TPSA) is 95.5 Å². The highest BCUT2D eigenvalue weighted by Crippen LogP contribution is 2.31. The molecule has 152 valence electrons. The fourth-order valence-corrected chi connectivity index (χ4v) is 2.86. The van der Waals surface area contributed by atoms with Gasteiger partial charge in [-0.2, -0.15) is 0 Å². The molecule has 1 amide bonds. The number of hydrogen-bond donors (Lipinski definition) is 1. The quantitative estimate of drug-likeness (QED) is 0.630. The van der Waals surface area contributed by atoms with Crippen LogP contribution in [0.25, 0.3) is 11.3 Å². The third-order valence-electron chi connectivity index (χ3n) is 3.37. The highest BCUT2D eigenvalue weighted by Gasteiger charge is 2.18. The summed E-state index contributed by atoms with van der Waals surface area (Å²) >= 11 is 1.24. The van der Waals surface area contributed by atoms with Crippen molar-refractivity contribution in [2.45, 2.75) is 26.4 Å². The molecule has 3 rings (SSSR count). The van der Waals surface area contributed by atoms with Crippen molar-refractivity contribution < 1.29 is 23.4 Å². The van der Waals surface area contributed by atoms with Gasteiger partial charge in [0.1, 0.15) is 11.4 Å². The fraction of sp³-hybridized carbons (Fsp3) is 0.263. The molecule has 0 aliphatic carbocycles. The summed E-state index contributed by atoms with van der Waals surface area (Å²) in [6.45, 7) is 5.17. The van der Waals surface area contributed by atoms with Gasteiger partial charge in [0, 0.05) is 29.4 Å². The molecule has 0 fully saturated rings. The zero-order valence-corrected chi connectivity index (χ0v) is 17.0. The highest BCUT2D eigenvalue weighted by atomic mass is 32.1. The van der Waals surface area contributed by atoms with Gasteiger partial charge in [0.2, 0.25) is 0 Å². The van der Waals surface area contributed by atoms with Crippen molar-refractivity contribution in [2.75, 3.05) is 12.4 Å². The smallest absolute Gasteiger partial charge is 0.412 e. The first kappa shape index (κ1) is 20.5. The Labute approximate surface area is 170 Å². The van der Waals surface area contributed by atoms with Crippen LogP contribution in [0.5, 0.6) is 17.0 Å². The molecule has 0 saturated heterocycles. The lowest BCUT2D eigenvalue weighted by Gasteiger charge is -2.19. The van der Waals surface area contributed by atoms with Crippen LogP contribution in [0, 0.1) is 5.82 Å². The molecule has 0 radical (unpaired) electrons. The Balaban J connectivity index is 1.67. The summed E-state index contributed by atoms with van der Waals surface area (Å²) in [6, 6.07) is 4.33. The lowest BCUT2D eigenvalue weighted by molar-refractivity contribution is 0.0635. The van der Waals surface area contributed by atoms with Gasteiger partial charge in [-0.25, -0.2) is 24.1 Å². The van der Waals surface area contributed by atoms with Crippen molar-refractivity contribution in [3.05, 3.63) is 41.8 Å². The molecule has 0 spiro atoms. The Kier molecular flexibility index (Phi) is 5.92. The van der Waals surface area contributed by atoms with E-state index in [9.17, 15) is 9.18 Å². The van der Waals surface area contributed by atoms with E-state index in [2.05, 4.69) is 20.3 Å². The van der Waals surface area contributed by atoms with Gasteiger partial charge in [0.25, 0.3) is 5.19 Å². The number of rotatable bonds is 5. The molecule has 3 aromatic rings. The van der Waals surface area contributed by atoms with E-state index in [1.807, 2.05) is 0 Å². The van der Waals surface area contributed by atoms with Crippen molar-refractivity contribution in [3.63, 3.8) is 0 Å². The molecule has 8 nitrogen and oxygen atoms in total. The largest absolute Gasteiger partial charge is 0.467 e. The summed E-state index contributed by atoms with van der Waals surface area (Å²) in [5.74, 6) is -0.419. The average molecular weight is 418 g/mol. The number of nitrogens with one attached hydrogen (secondary N) is 1. The van der Waals surface area contributed by atoms with Crippen LogP contribution < -0.4 is 14.8 Å². The third-order valence-corrected chi connectivity index (χ3v) is 4.09. The molecular weight excluding hydrogens is 399 g/mol. The first-order chi connectivity index (χ1) is 13.7. The maximum absolute atomic E-state index is 14.3. The molecular formula is C19H19FN4O4S. The van der Waals surface area contributed by atoms with Crippen LogP contribution in [0.4, 0.5) is 14.9 Å². The number of aromatic nitrogens is 3. The van der Waals surface area contributed by atoms with E-state index >= 15 is 0 Å². The number of benzene rings is 1. The predicted octanol–water partition coefficient (Wildman–Crippen LogP) is 4.89. The van der Waals surface area contributed by atoms with Crippen molar-refractivity contribution in [1.29, 1.82) is 0 Å². The van der Waals surface area contributed by atoms with Crippen LogP contribution >= 0.6 is 11.3 Å². The van der Waals surface area contributed by atoms with Gasteiger partial charge in [0.05, 0.1) is 18.5 Å². The lowest BCUT2D eigenvalue weighted by atomic mass is 10.2. The monoisotopic (exact) mass is 418 g/mol. The predicted molar refractivity (Wildman–Crippen MR) is 106 cm³/mol. The van der Waals surface area contributed by atoms with E-state index in [1.54, 1.807) is 38.5 Å². The molecule has 29 heavy (non-hydrogen) atoms. The molecule has 0 saturated carbocycles. The van der Waals surface area contributed by atoms with Crippen LogP contribution in [0.3, 0.4) is 0 Å². The molecule has 1 N–H and O–H groups in total. The summed E-state index contributed by atoms with van der Waals surface area (Å²) in [7, 11) is 1.48. The van der Waals surface area contributed by atoms with Crippen LogP contribution in [0.15, 0.2) is 36.0 Å². The molecule has 0 bridgehead atoms. The molecule has 0 aliphatic rings. The first-order valence-corrected chi connectivity index (χ1v) is 9.41. The summed E-state index contributed by atoms with van der Waals surface area (Å²) < 4.78 is 29.9. The van der Waals surface area contributed by atoms with Crippen molar-refractivity contribution in [1.82, 2.24) is 15.0 Å². The number of halogens is 1. The van der Waals surface area contributed by atoms with Gasteiger partial charge in [-0.3, -0.25) is 5.32 Å². The number of nitrogens with zero attached hydrogens (tertiary/aromatic N) is 3. The Morgan fingerprint density at radius 1 is 1.21 bits per heavy atom. The molecule has 2 aromatic heterocycles. The SMILES string of the molecule is COc1ncc(-c2csc(Oc3ccc(NC(=O)OC(C)(C)C)c(F)c3)n2)cn1. The fourth-order valence-electron chi connectivity index (χ4n) is 2.17. The van der Waals surface area contributed by atoms with Gasteiger partial charge in [0.15, 0.2) is 5.82 Å². The van der Waals surface area contributed by atoms with Gasteiger partial charge < -0.3 is 14.2 Å². The van der Waals surface area contributed by atoms with E-state index in [1.165, 1.54) is 30.6 Å². The normalized spacial score (nSPS) is 11.1. The number of anilines is 1. The number of amides is 1. The van der Waals surface area contributed by atoms with Crippen molar-refractivity contribution >= 4 is 23.1 Å². The number of thiazole rings is 1. The van der Waals surface area contributed by atoms with E-state index < -0.39 is 17.5 Å². The zero-order chi connectivity index (χ0) is 21.0.